The van der Waals surface area contributed by atoms with Gasteiger partial charge < -0.3 is 10.2 Å². The molecule has 18 heavy (non-hydrogen) atoms. The monoisotopic (exact) mass is 253 g/mol. The SMILES string of the molecule is CCn1ncnc1CC(NC)C(C)(CC)N(C)C. The summed E-state index contributed by atoms with van der Waals surface area (Å²) in [6.07, 6.45) is 3.63. The Morgan fingerprint density at radius 3 is 2.56 bits per heavy atom. The first-order valence-corrected chi connectivity index (χ1v) is 6.70. The largest absolute Gasteiger partial charge is 0.315 e. The third-order valence-electron chi connectivity index (χ3n) is 4.22. The van der Waals surface area contributed by atoms with Crippen LogP contribution in [0.5, 0.6) is 0 Å². The molecule has 1 heterocycles. The van der Waals surface area contributed by atoms with Gasteiger partial charge >= 0.3 is 0 Å². The first-order valence-electron chi connectivity index (χ1n) is 6.70. The van der Waals surface area contributed by atoms with Crippen molar-refractivity contribution in [2.75, 3.05) is 21.1 Å². The van der Waals surface area contributed by atoms with Crippen molar-refractivity contribution in [3.63, 3.8) is 0 Å². The highest BCUT2D eigenvalue weighted by molar-refractivity contribution is 5.00. The van der Waals surface area contributed by atoms with Crippen molar-refractivity contribution in [3.05, 3.63) is 12.2 Å². The maximum Gasteiger partial charge on any atom is 0.138 e. The average molecular weight is 253 g/mol. The molecule has 0 aliphatic heterocycles. The van der Waals surface area contributed by atoms with E-state index in [0.717, 1.165) is 25.2 Å². The number of hydrogen-bond donors (Lipinski definition) is 1. The molecule has 0 aliphatic carbocycles. The molecule has 1 N–H and O–H groups in total. The quantitative estimate of drug-likeness (QED) is 0.792. The van der Waals surface area contributed by atoms with Crippen LogP contribution in [0, 0.1) is 0 Å². The summed E-state index contributed by atoms with van der Waals surface area (Å²) in [5.74, 6) is 1.05. The van der Waals surface area contributed by atoms with Crippen LogP contribution in [-0.4, -0.2) is 52.4 Å². The lowest BCUT2D eigenvalue weighted by Crippen LogP contribution is -2.57. The van der Waals surface area contributed by atoms with E-state index in [-0.39, 0.29) is 5.54 Å². The molecule has 0 aromatic carbocycles. The van der Waals surface area contributed by atoms with Crippen molar-refractivity contribution >= 4 is 0 Å². The van der Waals surface area contributed by atoms with Gasteiger partial charge in [-0.25, -0.2) is 4.98 Å². The van der Waals surface area contributed by atoms with E-state index >= 15 is 0 Å². The van der Waals surface area contributed by atoms with Crippen molar-refractivity contribution in [1.82, 2.24) is 25.0 Å². The second-order valence-corrected chi connectivity index (χ2v) is 5.14. The molecule has 1 rings (SSSR count). The summed E-state index contributed by atoms with van der Waals surface area (Å²) in [7, 11) is 6.30. The molecule has 0 radical (unpaired) electrons. The van der Waals surface area contributed by atoms with Crippen LogP contribution >= 0.6 is 0 Å². The van der Waals surface area contributed by atoms with E-state index in [2.05, 4.69) is 55.2 Å². The van der Waals surface area contributed by atoms with Crippen LogP contribution in [-0.2, 0) is 13.0 Å². The molecular weight excluding hydrogens is 226 g/mol. The van der Waals surface area contributed by atoms with Gasteiger partial charge in [-0.05, 0) is 41.4 Å². The zero-order valence-electron chi connectivity index (χ0n) is 12.6. The molecule has 5 nitrogen and oxygen atoms in total. The topological polar surface area (TPSA) is 46.0 Å². The van der Waals surface area contributed by atoms with Gasteiger partial charge in [-0.3, -0.25) is 4.68 Å². The van der Waals surface area contributed by atoms with Gasteiger partial charge in [0.1, 0.15) is 12.2 Å². The predicted octanol–water partition coefficient (Wildman–Crippen LogP) is 1.16. The highest BCUT2D eigenvalue weighted by Crippen LogP contribution is 2.23. The van der Waals surface area contributed by atoms with E-state index < -0.39 is 0 Å². The third kappa shape index (κ3) is 2.90. The number of nitrogens with one attached hydrogen (secondary N) is 1. The Bertz CT molecular complexity index is 360. The number of hydrogen-bond acceptors (Lipinski definition) is 4. The van der Waals surface area contributed by atoms with Crippen LogP contribution in [0.15, 0.2) is 6.33 Å². The molecule has 2 atom stereocenters. The summed E-state index contributed by atoms with van der Waals surface area (Å²) in [4.78, 5) is 6.67. The lowest BCUT2D eigenvalue weighted by molar-refractivity contribution is 0.115. The Kier molecular flexibility index (Phi) is 5.28. The van der Waals surface area contributed by atoms with Crippen LogP contribution < -0.4 is 5.32 Å². The Morgan fingerprint density at radius 1 is 1.44 bits per heavy atom. The zero-order valence-corrected chi connectivity index (χ0v) is 12.6. The summed E-state index contributed by atoms with van der Waals surface area (Å²) in [5, 5.41) is 7.68. The first-order chi connectivity index (χ1) is 8.49. The van der Waals surface area contributed by atoms with Gasteiger partial charge in [-0.2, -0.15) is 5.10 Å². The molecule has 1 aromatic heterocycles. The van der Waals surface area contributed by atoms with Gasteiger partial charge in [0.2, 0.25) is 0 Å². The second-order valence-electron chi connectivity index (χ2n) is 5.14. The van der Waals surface area contributed by atoms with Gasteiger partial charge in [0.15, 0.2) is 0 Å². The molecule has 0 fully saturated rings. The lowest BCUT2D eigenvalue weighted by Gasteiger charge is -2.42. The molecule has 2 unspecified atom stereocenters. The van der Waals surface area contributed by atoms with E-state index in [1.54, 1.807) is 6.33 Å². The molecule has 5 heteroatoms. The summed E-state index contributed by atoms with van der Waals surface area (Å²) >= 11 is 0. The van der Waals surface area contributed by atoms with Gasteiger partial charge in [-0.1, -0.05) is 6.92 Å². The van der Waals surface area contributed by atoms with E-state index in [1.807, 2.05) is 11.7 Å². The van der Waals surface area contributed by atoms with Crippen LogP contribution in [0.1, 0.15) is 33.0 Å². The Labute approximate surface area is 111 Å². The lowest BCUT2D eigenvalue weighted by atomic mass is 9.86. The molecule has 1 aromatic rings. The van der Waals surface area contributed by atoms with Gasteiger partial charge in [-0.15, -0.1) is 0 Å². The number of nitrogens with zero attached hydrogens (tertiary/aromatic N) is 4. The smallest absolute Gasteiger partial charge is 0.138 e. The summed E-state index contributed by atoms with van der Waals surface area (Å²) in [5.41, 5.74) is 0.110. The average Bonchev–Trinajstić information content (AvgIpc) is 2.81. The summed E-state index contributed by atoms with van der Waals surface area (Å²) < 4.78 is 1.97. The van der Waals surface area contributed by atoms with E-state index in [0.29, 0.717) is 6.04 Å². The number of aromatic nitrogens is 3. The third-order valence-corrected chi connectivity index (χ3v) is 4.22. The van der Waals surface area contributed by atoms with Crippen LogP contribution in [0.4, 0.5) is 0 Å². The van der Waals surface area contributed by atoms with Gasteiger partial charge in [0.05, 0.1) is 0 Å². The molecule has 0 saturated heterocycles. The fraction of sp³-hybridized carbons (Fsp3) is 0.846. The van der Waals surface area contributed by atoms with Crippen molar-refractivity contribution in [1.29, 1.82) is 0 Å². The molecule has 0 aliphatic rings. The van der Waals surface area contributed by atoms with Gasteiger partial charge in [0.25, 0.3) is 0 Å². The summed E-state index contributed by atoms with van der Waals surface area (Å²) in [6, 6.07) is 0.354. The maximum absolute atomic E-state index is 4.38. The van der Waals surface area contributed by atoms with E-state index in [1.165, 1.54) is 0 Å². The number of likely N-dealkylation sites (N-methyl/N-ethyl adjacent to an activating group) is 2. The van der Waals surface area contributed by atoms with E-state index in [9.17, 15) is 0 Å². The molecule has 0 spiro atoms. The highest BCUT2D eigenvalue weighted by atomic mass is 15.3. The fourth-order valence-corrected chi connectivity index (χ4v) is 2.40. The minimum Gasteiger partial charge on any atom is -0.315 e. The molecular formula is C13H27N5. The highest BCUT2D eigenvalue weighted by Gasteiger charge is 2.34. The normalized spacial score (nSPS) is 16.8. The molecule has 104 valence electrons. The van der Waals surface area contributed by atoms with Crippen LogP contribution in [0.2, 0.25) is 0 Å². The summed E-state index contributed by atoms with van der Waals surface area (Å²) in [6.45, 7) is 7.49. The standard InChI is InChI=1S/C13H27N5/c1-7-13(3,17(5)6)11(14-4)9-12-15-10-16-18(12)8-2/h10-11,14H,7-9H2,1-6H3. The van der Waals surface area contributed by atoms with Crippen molar-refractivity contribution in [2.24, 2.45) is 0 Å². The van der Waals surface area contributed by atoms with Gasteiger partial charge in [0, 0.05) is 24.5 Å². The van der Waals surface area contributed by atoms with E-state index in [4.69, 9.17) is 0 Å². The molecule has 0 amide bonds. The predicted molar refractivity (Wildman–Crippen MR) is 74.6 cm³/mol. The van der Waals surface area contributed by atoms with Crippen molar-refractivity contribution < 1.29 is 0 Å². The maximum atomic E-state index is 4.38. The van der Waals surface area contributed by atoms with Crippen molar-refractivity contribution in [2.45, 2.75) is 51.7 Å². The minimum absolute atomic E-state index is 0.110. The second kappa shape index (κ2) is 6.29. The number of aryl methyl sites for hydroxylation is 1. The number of rotatable bonds is 7. The Hall–Kier alpha value is -0.940. The Morgan fingerprint density at radius 2 is 2.11 bits per heavy atom. The molecule has 0 bridgehead atoms. The molecule has 0 saturated carbocycles. The fourth-order valence-electron chi connectivity index (χ4n) is 2.40. The zero-order chi connectivity index (χ0) is 13.8. The van der Waals surface area contributed by atoms with Crippen molar-refractivity contribution in [3.8, 4) is 0 Å². The first kappa shape index (κ1) is 15.1. The Balaban J connectivity index is 2.90. The van der Waals surface area contributed by atoms with Crippen LogP contribution in [0.3, 0.4) is 0 Å². The van der Waals surface area contributed by atoms with Crippen LogP contribution in [0.25, 0.3) is 0 Å². The minimum atomic E-state index is 0.110.